The molecule has 9 heteroatoms. The lowest BCUT2D eigenvalue weighted by Crippen LogP contribution is -2.33. The molecule has 0 bridgehead atoms. The van der Waals surface area contributed by atoms with Crippen molar-refractivity contribution in [2.45, 2.75) is 70.0 Å². The van der Waals surface area contributed by atoms with Crippen molar-refractivity contribution < 1.29 is 13.6 Å². The van der Waals surface area contributed by atoms with E-state index in [1.165, 1.54) is 10.7 Å². The van der Waals surface area contributed by atoms with Crippen LogP contribution in [-0.2, 0) is 10.7 Å². The van der Waals surface area contributed by atoms with Crippen LogP contribution in [0.25, 0.3) is 5.57 Å². The van der Waals surface area contributed by atoms with Gasteiger partial charge in [0.05, 0.1) is 5.69 Å². The van der Waals surface area contributed by atoms with Crippen LogP contribution in [0.1, 0.15) is 70.7 Å². The molecule has 0 saturated carbocycles. The maximum absolute atomic E-state index is 14.3. The van der Waals surface area contributed by atoms with E-state index in [0.29, 0.717) is 36.6 Å². The molecule has 1 aromatic rings. The number of aromatic nitrogens is 2. The summed E-state index contributed by atoms with van der Waals surface area (Å²) in [6.07, 6.45) is 9.33. The number of halogens is 3. The number of carbonyl (C=O) groups excluding carboxylic acids is 1. The fourth-order valence-electron chi connectivity index (χ4n) is 3.85. The minimum atomic E-state index is -3.07. The summed E-state index contributed by atoms with van der Waals surface area (Å²) in [5.41, 5.74) is 1.69. The first kappa shape index (κ1) is 24.5. The van der Waals surface area contributed by atoms with Crippen molar-refractivity contribution in [2.24, 2.45) is 15.9 Å². The van der Waals surface area contributed by atoms with E-state index in [9.17, 15) is 13.6 Å². The Kier molecular flexibility index (Phi) is 8.14. The Bertz CT molecular complexity index is 956. The van der Waals surface area contributed by atoms with E-state index in [1.807, 2.05) is 13.0 Å². The molecule has 2 aliphatic heterocycles. The standard InChI is InChI=1S/C23H30BrF2N5O/c1-4-6-16(11-15(2)24)22(32)29-18-8-9-21(28-14-18)31-20(23(3,25)26)12-19(30-31)17-7-5-10-27-13-17/h7,12-16H,4-6,8-11H2,1-3H3,(H,29,32). The van der Waals surface area contributed by atoms with Gasteiger partial charge in [-0.25, -0.2) is 9.67 Å². The molecule has 3 rings (SSSR count). The van der Waals surface area contributed by atoms with Crippen LogP contribution in [0, 0.1) is 5.92 Å². The summed E-state index contributed by atoms with van der Waals surface area (Å²) in [5, 5.41) is 7.39. The Balaban J connectivity index is 1.81. The Morgan fingerprint density at radius 3 is 2.72 bits per heavy atom. The molecular weight excluding hydrogens is 480 g/mol. The average Bonchev–Trinajstić information content (AvgIpc) is 3.20. The molecule has 1 aromatic heterocycles. The van der Waals surface area contributed by atoms with Gasteiger partial charge < -0.3 is 5.32 Å². The average molecular weight is 510 g/mol. The predicted molar refractivity (Wildman–Crippen MR) is 127 cm³/mol. The summed E-state index contributed by atoms with van der Waals surface area (Å²) in [6.45, 7) is 5.64. The van der Waals surface area contributed by atoms with Gasteiger partial charge in [0, 0.05) is 54.3 Å². The number of aliphatic imine (C=N–C) groups is 2. The van der Waals surface area contributed by atoms with Crippen molar-refractivity contribution in [1.82, 2.24) is 15.1 Å². The summed E-state index contributed by atoms with van der Waals surface area (Å²) in [5.74, 6) is -2.74. The summed E-state index contributed by atoms with van der Waals surface area (Å²) in [6, 6.07) is 1.41. The van der Waals surface area contributed by atoms with Gasteiger partial charge in [-0.15, -0.1) is 0 Å². The molecule has 3 heterocycles. The summed E-state index contributed by atoms with van der Waals surface area (Å²) in [4.78, 5) is 21.5. The lowest BCUT2D eigenvalue weighted by atomic mass is 9.97. The predicted octanol–water partition coefficient (Wildman–Crippen LogP) is 5.44. The molecule has 0 fully saturated rings. The van der Waals surface area contributed by atoms with Gasteiger partial charge >= 0.3 is 0 Å². The van der Waals surface area contributed by atoms with E-state index >= 15 is 0 Å². The highest BCUT2D eigenvalue weighted by molar-refractivity contribution is 9.09. The number of nitrogens with one attached hydrogen (secondary N) is 1. The lowest BCUT2D eigenvalue weighted by Gasteiger charge is -2.21. The molecule has 2 atom stereocenters. The van der Waals surface area contributed by atoms with Crippen LogP contribution in [0.4, 0.5) is 8.78 Å². The number of hydrogen-bond acceptors (Lipinski definition) is 4. The van der Waals surface area contributed by atoms with Crippen LogP contribution >= 0.6 is 15.9 Å². The summed E-state index contributed by atoms with van der Waals surface area (Å²) < 4.78 is 29.9. The van der Waals surface area contributed by atoms with Crippen molar-refractivity contribution in [3.8, 4) is 0 Å². The van der Waals surface area contributed by atoms with E-state index in [4.69, 9.17) is 0 Å². The SMILES string of the molecule is CCCC(CC(C)Br)C(=O)NC1=CN=C(n2nc(C3=CCCN=C3)cc2C(C)(F)F)CC1. The van der Waals surface area contributed by atoms with Gasteiger partial charge in [0.1, 0.15) is 11.5 Å². The van der Waals surface area contributed by atoms with Gasteiger partial charge in [-0.3, -0.25) is 9.79 Å². The molecule has 6 nitrogen and oxygen atoms in total. The van der Waals surface area contributed by atoms with Crippen LogP contribution in [0.3, 0.4) is 0 Å². The van der Waals surface area contributed by atoms with E-state index in [-0.39, 0.29) is 22.3 Å². The zero-order chi connectivity index (χ0) is 23.3. The highest BCUT2D eigenvalue weighted by Gasteiger charge is 2.32. The monoisotopic (exact) mass is 509 g/mol. The van der Waals surface area contributed by atoms with Crippen LogP contribution < -0.4 is 5.32 Å². The molecule has 0 aromatic carbocycles. The van der Waals surface area contributed by atoms with Gasteiger partial charge in [-0.2, -0.15) is 13.9 Å². The van der Waals surface area contributed by atoms with Crippen LogP contribution in [0.15, 0.2) is 34.0 Å². The Morgan fingerprint density at radius 2 is 2.16 bits per heavy atom. The second-order valence-electron chi connectivity index (χ2n) is 8.39. The van der Waals surface area contributed by atoms with Crippen molar-refractivity contribution in [1.29, 1.82) is 0 Å². The third-order valence-electron chi connectivity index (χ3n) is 5.44. The summed E-state index contributed by atoms with van der Waals surface area (Å²) in [7, 11) is 0. The first-order chi connectivity index (χ1) is 15.2. The molecule has 32 heavy (non-hydrogen) atoms. The molecular formula is C23H30BrF2N5O. The van der Waals surface area contributed by atoms with Crippen LogP contribution in [0.2, 0.25) is 0 Å². The number of alkyl halides is 3. The molecule has 1 amide bonds. The van der Waals surface area contributed by atoms with Crippen LogP contribution in [0.5, 0.6) is 0 Å². The van der Waals surface area contributed by atoms with Crippen LogP contribution in [-0.4, -0.2) is 39.1 Å². The van der Waals surface area contributed by atoms with Gasteiger partial charge in [-0.1, -0.05) is 42.3 Å². The minimum Gasteiger partial charge on any atom is -0.328 e. The first-order valence-corrected chi connectivity index (χ1v) is 12.0. The van der Waals surface area contributed by atoms with Crippen molar-refractivity contribution >= 4 is 39.5 Å². The lowest BCUT2D eigenvalue weighted by molar-refractivity contribution is -0.124. The first-order valence-electron chi connectivity index (χ1n) is 11.1. The smallest absolute Gasteiger partial charge is 0.287 e. The third-order valence-corrected chi connectivity index (χ3v) is 5.81. The fourth-order valence-corrected chi connectivity index (χ4v) is 4.30. The highest BCUT2D eigenvalue weighted by Crippen LogP contribution is 2.30. The maximum Gasteiger partial charge on any atom is 0.287 e. The Hall–Kier alpha value is -2.16. The molecule has 174 valence electrons. The minimum absolute atomic E-state index is 0.0197. The number of nitrogens with zero attached hydrogens (tertiary/aromatic N) is 4. The third kappa shape index (κ3) is 6.21. The quantitative estimate of drug-likeness (QED) is 0.473. The van der Waals surface area contributed by atoms with Crippen molar-refractivity contribution in [2.75, 3.05) is 6.54 Å². The van der Waals surface area contributed by atoms with E-state index in [1.54, 1.807) is 12.4 Å². The molecule has 1 N–H and O–H groups in total. The van der Waals surface area contributed by atoms with E-state index in [0.717, 1.165) is 38.2 Å². The highest BCUT2D eigenvalue weighted by atomic mass is 79.9. The second kappa shape index (κ2) is 10.6. The topological polar surface area (TPSA) is 71.6 Å². The van der Waals surface area contributed by atoms with E-state index in [2.05, 4.69) is 43.3 Å². The van der Waals surface area contributed by atoms with Gasteiger partial charge in [0.25, 0.3) is 5.92 Å². The molecule has 0 aliphatic carbocycles. The number of allylic oxidation sites excluding steroid dienone is 2. The molecule has 0 radical (unpaired) electrons. The zero-order valence-electron chi connectivity index (χ0n) is 18.7. The molecule has 2 unspecified atom stereocenters. The van der Waals surface area contributed by atoms with Crippen molar-refractivity contribution in [3.05, 3.63) is 35.4 Å². The fraction of sp³-hybridized carbons (Fsp3) is 0.565. The van der Waals surface area contributed by atoms with Gasteiger partial charge in [-0.05, 0) is 31.7 Å². The molecule has 0 saturated heterocycles. The Morgan fingerprint density at radius 1 is 1.38 bits per heavy atom. The molecule has 0 spiro atoms. The largest absolute Gasteiger partial charge is 0.328 e. The second-order valence-corrected chi connectivity index (χ2v) is 9.95. The van der Waals surface area contributed by atoms with Gasteiger partial charge in [0.15, 0.2) is 0 Å². The number of hydrogen-bond donors (Lipinski definition) is 1. The van der Waals surface area contributed by atoms with Gasteiger partial charge in [0.2, 0.25) is 5.91 Å². The van der Waals surface area contributed by atoms with Crippen molar-refractivity contribution in [3.63, 3.8) is 0 Å². The number of rotatable bonds is 8. The van der Waals surface area contributed by atoms with E-state index < -0.39 is 5.92 Å². The number of amides is 1. The number of dihydropyridines is 1. The zero-order valence-corrected chi connectivity index (χ0v) is 20.3. The normalized spacial score (nSPS) is 18.5. The Labute approximate surface area is 196 Å². The summed E-state index contributed by atoms with van der Waals surface area (Å²) >= 11 is 3.53. The molecule has 2 aliphatic rings. The number of carbonyl (C=O) groups is 1. The maximum atomic E-state index is 14.3.